The van der Waals surface area contributed by atoms with Crippen molar-refractivity contribution < 1.29 is 4.21 Å². The molecule has 9 heavy (non-hydrogen) atoms. The standard InChI is InChI=1S/C5H10Cl2OS/c1-5(2,3-6)4-9(7)8/h3-4H2,1-2H3. The molecule has 0 bridgehead atoms. The van der Waals surface area contributed by atoms with Crippen molar-refractivity contribution in [2.24, 2.45) is 5.41 Å². The third kappa shape index (κ3) is 5.19. The zero-order valence-electron chi connectivity index (χ0n) is 5.49. The van der Waals surface area contributed by atoms with Gasteiger partial charge in [-0.15, -0.1) is 11.6 Å². The monoisotopic (exact) mass is 188 g/mol. The summed E-state index contributed by atoms with van der Waals surface area (Å²) in [5.41, 5.74) is -0.103. The Balaban J connectivity index is 3.71. The zero-order valence-corrected chi connectivity index (χ0v) is 7.81. The Bertz CT molecular complexity index is 114. The highest BCUT2D eigenvalue weighted by atomic mass is 35.7. The van der Waals surface area contributed by atoms with Gasteiger partial charge in [0.1, 0.15) is 10.0 Å². The van der Waals surface area contributed by atoms with Crippen LogP contribution < -0.4 is 0 Å². The van der Waals surface area contributed by atoms with Crippen LogP contribution in [0.15, 0.2) is 0 Å². The van der Waals surface area contributed by atoms with Crippen molar-refractivity contribution >= 4 is 32.3 Å². The molecule has 0 aromatic rings. The smallest absolute Gasteiger partial charge is 0.115 e. The lowest BCUT2D eigenvalue weighted by Crippen LogP contribution is -2.20. The molecule has 1 atom stereocenters. The number of alkyl halides is 1. The van der Waals surface area contributed by atoms with Crippen molar-refractivity contribution in [3.8, 4) is 0 Å². The van der Waals surface area contributed by atoms with Crippen LogP contribution in [0.25, 0.3) is 0 Å². The van der Waals surface area contributed by atoms with E-state index in [9.17, 15) is 4.21 Å². The minimum Gasteiger partial charge on any atom is -0.243 e. The fourth-order valence-corrected chi connectivity index (χ4v) is 2.15. The molecule has 0 radical (unpaired) electrons. The molecule has 1 nitrogen and oxygen atoms in total. The maximum Gasteiger partial charge on any atom is 0.115 e. The largest absolute Gasteiger partial charge is 0.243 e. The fraction of sp³-hybridized carbons (Fsp3) is 1.00. The number of hydrogen-bond acceptors (Lipinski definition) is 1. The van der Waals surface area contributed by atoms with Crippen LogP contribution in [0.2, 0.25) is 0 Å². The van der Waals surface area contributed by atoms with Gasteiger partial charge in [-0.2, -0.15) is 0 Å². The number of halogens is 2. The van der Waals surface area contributed by atoms with Crippen molar-refractivity contribution in [1.29, 1.82) is 0 Å². The summed E-state index contributed by atoms with van der Waals surface area (Å²) >= 11 is 5.54. The van der Waals surface area contributed by atoms with Crippen molar-refractivity contribution in [2.45, 2.75) is 13.8 Å². The average Bonchev–Trinajstić information content (AvgIpc) is 1.63. The van der Waals surface area contributed by atoms with Gasteiger partial charge in [-0.25, -0.2) is 4.21 Å². The van der Waals surface area contributed by atoms with Crippen LogP contribution in [0.4, 0.5) is 0 Å². The second kappa shape index (κ2) is 3.79. The zero-order chi connectivity index (χ0) is 7.49. The van der Waals surface area contributed by atoms with E-state index in [-0.39, 0.29) is 5.41 Å². The van der Waals surface area contributed by atoms with Gasteiger partial charge in [-0.05, 0) is 16.1 Å². The lowest BCUT2D eigenvalue weighted by atomic mass is 10.0. The van der Waals surface area contributed by atoms with E-state index in [1.54, 1.807) is 0 Å². The van der Waals surface area contributed by atoms with E-state index in [0.717, 1.165) is 0 Å². The molecular formula is C5H10Cl2OS. The lowest BCUT2D eigenvalue weighted by molar-refractivity contribution is 0.483. The number of hydrogen-bond donors (Lipinski definition) is 0. The minimum absolute atomic E-state index is 0.103. The van der Waals surface area contributed by atoms with Gasteiger partial charge in [0, 0.05) is 11.6 Å². The third-order valence-corrected chi connectivity index (χ3v) is 2.93. The Labute approximate surface area is 67.7 Å². The summed E-state index contributed by atoms with van der Waals surface area (Å²) < 4.78 is 10.4. The third-order valence-electron chi connectivity index (χ3n) is 0.866. The Morgan fingerprint density at radius 1 is 1.56 bits per heavy atom. The minimum atomic E-state index is -1.25. The van der Waals surface area contributed by atoms with Gasteiger partial charge in [0.15, 0.2) is 0 Å². The second-order valence-electron chi connectivity index (χ2n) is 2.73. The summed E-state index contributed by atoms with van der Waals surface area (Å²) in [6, 6.07) is 0. The Morgan fingerprint density at radius 3 is 2.11 bits per heavy atom. The first kappa shape index (κ1) is 9.73. The lowest BCUT2D eigenvalue weighted by Gasteiger charge is -2.17. The van der Waals surface area contributed by atoms with Gasteiger partial charge >= 0.3 is 0 Å². The molecule has 0 rings (SSSR count). The first-order valence-corrected chi connectivity index (χ1v) is 5.26. The summed E-state index contributed by atoms with van der Waals surface area (Å²) in [6.45, 7) is 3.86. The van der Waals surface area contributed by atoms with Crippen LogP contribution in [-0.2, 0) is 10.0 Å². The van der Waals surface area contributed by atoms with Gasteiger partial charge in [-0.1, -0.05) is 13.8 Å². The van der Waals surface area contributed by atoms with Crippen LogP contribution in [0.5, 0.6) is 0 Å². The summed E-state index contributed by atoms with van der Waals surface area (Å²) in [7, 11) is 4.01. The maximum absolute atomic E-state index is 10.4. The molecule has 0 aromatic heterocycles. The molecule has 4 heteroatoms. The molecule has 0 heterocycles. The molecular weight excluding hydrogens is 179 g/mol. The first-order chi connectivity index (χ1) is 3.98. The Hall–Kier alpha value is 0.730. The molecule has 0 saturated heterocycles. The van der Waals surface area contributed by atoms with Crippen LogP contribution in [0.3, 0.4) is 0 Å². The predicted molar refractivity (Wildman–Crippen MR) is 43.4 cm³/mol. The topological polar surface area (TPSA) is 17.1 Å². The summed E-state index contributed by atoms with van der Waals surface area (Å²) in [5, 5.41) is 0. The number of rotatable bonds is 3. The van der Waals surface area contributed by atoms with E-state index in [2.05, 4.69) is 0 Å². The van der Waals surface area contributed by atoms with Crippen LogP contribution >= 0.6 is 22.3 Å². The summed E-state index contributed by atoms with van der Waals surface area (Å²) in [6.07, 6.45) is 0. The Morgan fingerprint density at radius 2 is 2.00 bits per heavy atom. The summed E-state index contributed by atoms with van der Waals surface area (Å²) in [5.74, 6) is 0.948. The first-order valence-electron chi connectivity index (χ1n) is 2.58. The molecule has 0 aliphatic carbocycles. The van der Waals surface area contributed by atoms with Crippen LogP contribution in [0, 0.1) is 5.41 Å². The van der Waals surface area contributed by atoms with Gasteiger partial charge in [0.25, 0.3) is 0 Å². The van der Waals surface area contributed by atoms with Gasteiger partial charge in [-0.3, -0.25) is 0 Å². The van der Waals surface area contributed by atoms with E-state index >= 15 is 0 Å². The normalized spacial score (nSPS) is 15.6. The highest BCUT2D eigenvalue weighted by Gasteiger charge is 2.18. The molecule has 0 amide bonds. The van der Waals surface area contributed by atoms with Crippen molar-refractivity contribution in [1.82, 2.24) is 0 Å². The molecule has 0 aliphatic rings. The molecule has 0 aromatic carbocycles. The molecule has 0 fully saturated rings. The van der Waals surface area contributed by atoms with E-state index in [0.29, 0.717) is 11.6 Å². The van der Waals surface area contributed by atoms with E-state index in [1.807, 2.05) is 13.8 Å². The van der Waals surface area contributed by atoms with Crippen LogP contribution in [0.1, 0.15) is 13.8 Å². The molecule has 0 N–H and O–H groups in total. The molecule has 0 spiro atoms. The van der Waals surface area contributed by atoms with Crippen LogP contribution in [-0.4, -0.2) is 15.8 Å². The Kier molecular flexibility index (Phi) is 4.10. The van der Waals surface area contributed by atoms with E-state index in [1.165, 1.54) is 0 Å². The van der Waals surface area contributed by atoms with Crippen molar-refractivity contribution in [3.05, 3.63) is 0 Å². The summed E-state index contributed by atoms with van der Waals surface area (Å²) in [4.78, 5) is 0. The maximum atomic E-state index is 10.4. The van der Waals surface area contributed by atoms with Crippen molar-refractivity contribution in [3.63, 3.8) is 0 Å². The second-order valence-corrected chi connectivity index (χ2v) is 4.90. The molecule has 1 unspecified atom stereocenters. The van der Waals surface area contributed by atoms with Gasteiger partial charge < -0.3 is 0 Å². The van der Waals surface area contributed by atoms with Gasteiger partial charge in [0.05, 0.1) is 0 Å². The highest BCUT2D eigenvalue weighted by molar-refractivity contribution is 8.08. The van der Waals surface area contributed by atoms with Gasteiger partial charge in [0.2, 0.25) is 0 Å². The average molecular weight is 189 g/mol. The van der Waals surface area contributed by atoms with E-state index < -0.39 is 10.0 Å². The quantitative estimate of drug-likeness (QED) is 0.491. The predicted octanol–water partition coefficient (Wildman–Crippen LogP) is 2.15. The SMILES string of the molecule is CC(C)(CCl)CS(=O)Cl. The van der Waals surface area contributed by atoms with E-state index in [4.69, 9.17) is 22.3 Å². The molecule has 0 saturated carbocycles. The fourth-order valence-electron chi connectivity index (χ4n) is 0.346. The highest BCUT2D eigenvalue weighted by Crippen LogP contribution is 2.19. The van der Waals surface area contributed by atoms with Crippen molar-refractivity contribution in [2.75, 3.05) is 11.6 Å². The molecule has 56 valence electrons. The molecule has 0 aliphatic heterocycles.